The van der Waals surface area contributed by atoms with E-state index in [1.54, 1.807) is 42.6 Å². The van der Waals surface area contributed by atoms with Crippen LogP contribution in [0.25, 0.3) is 10.9 Å². The summed E-state index contributed by atoms with van der Waals surface area (Å²) in [5.74, 6) is 0. The lowest BCUT2D eigenvalue weighted by Crippen LogP contribution is -2.48. The van der Waals surface area contributed by atoms with Gasteiger partial charge in [-0.05, 0) is 24.3 Å². The third-order valence-corrected chi connectivity index (χ3v) is 6.79. The number of nitrogens with zero attached hydrogens (tertiary/aromatic N) is 4. The molecule has 1 saturated heterocycles. The summed E-state index contributed by atoms with van der Waals surface area (Å²) >= 11 is 0. The zero-order valence-corrected chi connectivity index (χ0v) is 15.7. The van der Waals surface area contributed by atoms with Gasteiger partial charge in [-0.15, -0.1) is 0 Å². The van der Waals surface area contributed by atoms with Crippen LogP contribution in [0.1, 0.15) is 0 Å². The van der Waals surface area contributed by atoms with E-state index < -0.39 is 14.9 Å². The van der Waals surface area contributed by atoms with Crippen LogP contribution in [0.2, 0.25) is 0 Å². The highest BCUT2D eigenvalue weighted by atomic mass is 32.2. The fraction of sp³-hybridized carbons (Fsp3) is 0.211. The van der Waals surface area contributed by atoms with Crippen LogP contribution in [-0.4, -0.2) is 48.8 Å². The van der Waals surface area contributed by atoms with Crippen molar-refractivity contribution in [2.24, 2.45) is 0 Å². The Morgan fingerprint density at radius 1 is 0.964 bits per heavy atom. The Bertz CT molecular complexity index is 1130. The number of pyridine rings is 1. The predicted molar refractivity (Wildman–Crippen MR) is 106 cm³/mol. The van der Waals surface area contributed by atoms with Crippen molar-refractivity contribution in [1.29, 1.82) is 0 Å². The number of non-ortho nitro benzene ring substituents is 1. The standard InChI is InChI=1S/C19H18N4O4S/c24-23(25)15-6-7-17-18(14-15)20-9-8-19(17)21-10-12-22(13-11-21)28(26,27)16-4-2-1-3-5-16/h1-9,14H,10-13H2. The minimum atomic E-state index is -3.51. The van der Waals surface area contributed by atoms with Gasteiger partial charge in [-0.2, -0.15) is 4.31 Å². The molecule has 0 spiro atoms. The Morgan fingerprint density at radius 2 is 1.68 bits per heavy atom. The van der Waals surface area contributed by atoms with Gasteiger partial charge in [0, 0.05) is 55.6 Å². The number of piperazine rings is 1. The molecule has 3 aromatic rings. The van der Waals surface area contributed by atoms with Crippen LogP contribution in [-0.2, 0) is 10.0 Å². The molecule has 0 N–H and O–H groups in total. The summed E-state index contributed by atoms with van der Waals surface area (Å²) in [6, 6.07) is 14.9. The second-order valence-corrected chi connectivity index (χ2v) is 8.43. The molecule has 0 amide bonds. The van der Waals surface area contributed by atoms with Crippen LogP contribution < -0.4 is 4.90 Å². The molecular weight excluding hydrogens is 380 g/mol. The zero-order valence-electron chi connectivity index (χ0n) is 14.9. The first-order valence-electron chi connectivity index (χ1n) is 8.80. The van der Waals surface area contributed by atoms with Gasteiger partial charge in [-0.1, -0.05) is 18.2 Å². The minimum Gasteiger partial charge on any atom is -0.368 e. The van der Waals surface area contributed by atoms with Crippen molar-refractivity contribution in [1.82, 2.24) is 9.29 Å². The van der Waals surface area contributed by atoms with E-state index >= 15 is 0 Å². The fourth-order valence-corrected chi connectivity index (χ4v) is 4.86. The molecule has 144 valence electrons. The van der Waals surface area contributed by atoms with E-state index in [9.17, 15) is 18.5 Å². The Morgan fingerprint density at radius 3 is 2.36 bits per heavy atom. The van der Waals surface area contributed by atoms with Crippen molar-refractivity contribution in [2.75, 3.05) is 31.1 Å². The van der Waals surface area contributed by atoms with E-state index in [-0.39, 0.29) is 5.69 Å². The molecular formula is C19H18N4O4S. The first-order valence-corrected chi connectivity index (χ1v) is 10.2. The van der Waals surface area contributed by atoms with Gasteiger partial charge in [0.05, 0.1) is 15.3 Å². The van der Waals surface area contributed by atoms with Crippen molar-refractivity contribution in [3.63, 3.8) is 0 Å². The summed E-state index contributed by atoms with van der Waals surface area (Å²) in [6.45, 7) is 1.80. The number of benzene rings is 2. The lowest BCUT2D eigenvalue weighted by atomic mass is 10.1. The molecule has 0 radical (unpaired) electrons. The molecule has 8 nitrogen and oxygen atoms in total. The number of hydrogen-bond acceptors (Lipinski definition) is 6. The Kier molecular flexibility index (Phi) is 4.70. The number of rotatable bonds is 4. The zero-order chi connectivity index (χ0) is 19.7. The number of sulfonamides is 1. The number of hydrogen-bond donors (Lipinski definition) is 0. The van der Waals surface area contributed by atoms with Crippen LogP contribution in [0.15, 0.2) is 65.7 Å². The summed E-state index contributed by atoms with van der Waals surface area (Å²) < 4.78 is 27.0. The van der Waals surface area contributed by atoms with Gasteiger partial charge in [0.1, 0.15) is 0 Å². The monoisotopic (exact) mass is 398 g/mol. The molecule has 9 heteroatoms. The normalized spacial score (nSPS) is 15.6. The average molecular weight is 398 g/mol. The maximum absolute atomic E-state index is 12.8. The summed E-state index contributed by atoms with van der Waals surface area (Å²) in [7, 11) is -3.51. The van der Waals surface area contributed by atoms with Crippen LogP contribution in [0.4, 0.5) is 11.4 Å². The van der Waals surface area contributed by atoms with Crippen molar-refractivity contribution >= 4 is 32.3 Å². The van der Waals surface area contributed by atoms with E-state index in [0.717, 1.165) is 11.1 Å². The SMILES string of the molecule is O=[N+]([O-])c1ccc2c(N3CCN(S(=O)(=O)c4ccccc4)CC3)ccnc2c1. The smallest absolute Gasteiger partial charge is 0.271 e. The molecule has 0 aliphatic carbocycles. The third-order valence-electron chi connectivity index (χ3n) is 4.87. The highest BCUT2D eigenvalue weighted by Gasteiger charge is 2.29. The molecule has 0 unspecified atom stereocenters. The van der Waals surface area contributed by atoms with Crippen molar-refractivity contribution in [3.8, 4) is 0 Å². The topological polar surface area (TPSA) is 96.6 Å². The number of fused-ring (bicyclic) bond motifs is 1. The maximum Gasteiger partial charge on any atom is 0.271 e. The first-order chi connectivity index (χ1) is 13.5. The van der Waals surface area contributed by atoms with Gasteiger partial charge in [0.2, 0.25) is 10.0 Å². The Balaban J connectivity index is 1.57. The van der Waals surface area contributed by atoms with Gasteiger partial charge >= 0.3 is 0 Å². The average Bonchev–Trinajstić information content (AvgIpc) is 2.73. The number of aromatic nitrogens is 1. The minimum absolute atomic E-state index is 0.00377. The van der Waals surface area contributed by atoms with E-state index in [2.05, 4.69) is 9.88 Å². The number of anilines is 1. The first kappa shape index (κ1) is 18.3. The third kappa shape index (κ3) is 3.30. The summed E-state index contributed by atoms with van der Waals surface area (Å²) in [5, 5.41) is 11.8. The highest BCUT2D eigenvalue weighted by Crippen LogP contribution is 2.29. The van der Waals surface area contributed by atoms with Gasteiger partial charge in [-0.25, -0.2) is 8.42 Å². The van der Waals surface area contributed by atoms with Gasteiger partial charge < -0.3 is 4.90 Å². The van der Waals surface area contributed by atoms with Gasteiger partial charge in [0.25, 0.3) is 5.69 Å². The second-order valence-electron chi connectivity index (χ2n) is 6.49. The molecule has 28 heavy (non-hydrogen) atoms. The number of nitro groups is 1. The van der Waals surface area contributed by atoms with Gasteiger partial charge in [0.15, 0.2) is 0 Å². The Hall–Kier alpha value is -3.04. The molecule has 1 aliphatic rings. The van der Waals surface area contributed by atoms with Crippen LogP contribution in [0.3, 0.4) is 0 Å². The summed E-state index contributed by atoms with van der Waals surface area (Å²) in [6.07, 6.45) is 1.62. The molecule has 1 aliphatic heterocycles. The predicted octanol–water partition coefficient (Wildman–Crippen LogP) is 2.65. The van der Waals surface area contributed by atoms with Crippen LogP contribution in [0, 0.1) is 10.1 Å². The lowest BCUT2D eigenvalue weighted by molar-refractivity contribution is -0.384. The second kappa shape index (κ2) is 7.17. The van der Waals surface area contributed by atoms with Crippen LogP contribution >= 0.6 is 0 Å². The van der Waals surface area contributed by atoms with E-state index in [4.69, 9.17) is 0 Å². The lowest BCUT2D eigenvalue weighted by Gasteiger charge is -2.35. The molecule has 1 aromatic heterocycles. The molecule has 2 heterocycles. The van der Waals surface area contributed by atoms with Crippen molar-refractivity contribution in [3.05, 3.63) is 70.9 Å². The maximum atomic E-state index is 12.8. The molecule has 0 atom stereocenters. The molecule has 0 bridgehead atoms. The summed E-state index contributed by atoms with van der Waals surface area (Å²) in [4.78, 5) is 17.2. The fourth-order valence-electron chi connectivity index (χ4n) is 3.42. The van der Waals surface area contributed by atoms with E-state index in [1.165, 1.54) is 16.4 Å². The van der Waals surface area contributed by atoms with Gasteiger partial charge in [-0.3, -0.25) is 15.1 Å². The highest BCUT2D eigenvalue weighted by molar-refractivity contribution is 7.89. The van der Waals surface area contributed by atoms with E-state index in [0.29, 0.717) is 36.6 Å². The van der Waals surface area contributed by atoms with E-state index in [1.807, 2.05) is 6.07 Å². The largest absolute Gasteiger partial charge is 0.368 e. The quantitative estimate of drug-likeness (QED) is 0.495. The van der Waals surface area contributed by atoms with Crippen molar-refractivity contribution < 1.29 is 13.3 Å². The molecule has 0 saturated carbocycles. The molecule has 4 rings (SSSR count). The van der Waals surface area contributed by atoms with Crippen LogP contribution in [0.5, 0.6) is 0 Å². The number of nitro benzene ring substituents is 1. The van der Waals surface area contributed by atoms with Crippen molar-refractivity contribution in [2.45, 2.75) is 4.90 Å². The molecule has 1 fully saturated rings. The Labute approximate surface area is 162 Å². The summed E-state index contributed by atoms with van der Waals surface area (Å²) in [5.41, 5.74) is 1.44. The molecule has 2 aromatic carbocycles.